The summed E-state index contributed by atoms with van der Waals surface area (Å²) in [6, 6.07) is 15.3. The first-order valence-corrected chi connectivity index (χ1v) is 7.62. The minimum absolute atomic E-state index is 0.191. The zero-order chi connectivity index (χ0) is 18.1. The van der Waals surface area contributed by atoms with Crippen LogP contribution >= 0.6 is 0 Å². The van der Waals surface area contributed by atoms with Crippen molar-refractivity contribution in [2.45, 2.75) is 6.54 Å². The van der Waals surface area contributed by atoms with E-state index in [0.29, 0.717) is 17.8 Å². The molecule has 0 atom stereocenters. The van der Waals surface area contributed by atoms with E-state index in [4.69, 9.17) is 0 Å². The van der Waals surface area contributed by atoms with Crippen molar-refractivity contribution in [3.8, 4) is 0 Å². The van der Waals surface area contributed by atoms with E-state index < -0.39 is 17.9 Å². The predicted octanol–water partition coefficient (Wildman–Crippen LogP) is 1.91. The molecule has 0 heterocycles. The highest BCUT2D eigenvalue weighted by Gasteiger charge is 2.09. The summed E-state index contributed by atoms with van der Waals surface area (Å²) in [5.41, 5.74) is 1.73. The molecule has 2 rings (SSSR count). The quantitative estimate of drug-likeness (QED) is 0.699. The molecule has 7 nitrogen and oxygen atoms in total. The van der Waals surface area contributed by atoms with Gasteiger partial charge in [0.1, 0.15) is 0 Å². The van der Waals surface area contributed by atoms with Crippen LogP contribution in [0.1, 0.15) is 15.9 Å². The Labute approximate surface area is 145 Å². The smallest absolute Gasteiger partial charge is 0.337 e. The van der Waals surface area contributed by atoms with Crippen LogP contribution in [0.2, 0.25) is 0 Å². The van der Waals surface area contributed by atoms with Gasteiger partial charge in [-0.1, -0.05) is 36.4 Å². The molecule has 0 radical (unpaired) electrons. The highest BCUT2D eigenvalue weighted by Crippen LogP contribution is 2.11. The van der Waals surface area contributed by atoms with Gasteiger partial charge in [0, 0.05) is 12.2 Å². The third kappa shape index (κ3) is 5.98. The second-order valence-corrected chi connectivity index (χ2v) is 5.14. The van der Waals surface area contributed by atoms with Crippen molar-refractivity contribution in [2.24, 2.45) is 0 Å². The minimum Gasteiger partial charge on any atom is -0.465 e. The summed E-state index contributed by atoms with van der Waals surface area (Å²) in [4.78, 5) is 35.0. The molecular formula is C18H19N3O4. The van der Waals surface area contributed by atoms with Crippen molar-refractivity contribution >= 4 is 23.6 Å². The van der Waals surface area contributed by atoms with Crippen LogP contribution in [0.5, 0.6) is 0 Å². The number of amides is 3. The highest BCUT2D eigenvalue weighted by atomic mass is 16.5. The largest absolute Gasteiger partial charge is 0.465 e. The topological polar surface area (TPSA) is 96.5 Å². The van der Waals surface area contributed by atoms with Crippen molar-refractivity contribution in [2.75, 3.05) is 19.0 Å². The maximum atomic E-state index is 11.9. The van der Waals surface area contributed by atoms with Gasteiger partial charge < -0.3 is 20.7 Å². The van der Waals surface area contributed by atoms with E-state index in [2.05, 4.69) is 20.7 Å². The molecule has 0 aromatic heterocycles. The van der Waals surface area contributed by atoms with Crippen LogP contribution in [-0.2, 0) is 16.1 Å². The van der Waals surface area contributed by atoms with E-state index in [1.807, 2.05) is 30.3 Å². The third-order valence-corrected chi connectivity index (χ3v) is 3.27. The molecule has 0 saturated heterocycles. The number of esters is 1. The zero-order valence-corrected chi connectivity index (χ0v) is 13.7. The van der Waals surface area contributed by atoms with Crippen LogP contribution in [0.3, 0.4) is 0 Å². The molecule has 0 spiro atoms. The minimum atomic E-state index is -0.491. The van der Waals surface area contributed by atoms with Gasteiger partial charge in [0.15, 0.2) is 0 Å². The molecule has 0 bridgehead atoms. The second kappa shape index (κ2) is 9.07. The number of hydrogen-bond acceptors (Lipinski definition) is 4. The number of urea groups is 1. The monoisotopic (exact) mass is 341 g/mol. The Balaban J connectivity index is 1.76. The Morgan fingerprint density at radius 2 is 1.72 bits per heavy atom. The normalized spacial score (nSPS) is 9.80. The summed E-state index contributed by atoms with van der Waals surface area (Å²) in [5, 5.41) is 7.73. The lowest BCUT2D eigenvalue weighted by Gasteiger charge is -2.09. The zero-order valence-electron chi connectivity index (χ0n) is 13.7. The molecular weight excluding hydrogens is 322 g/mol. The Bertz CT molecular complexity index is 747. The van der Waals surface area contributed by atoms with Crippen molar-refractivity contribution in [1.29, 1.82) is 0 Å². The van der Waals surface area contributed by atoms with E-state index in [1.165, 1.54) is 13.2 Å². The SMILES string of the molecule is COC(=O)c1cccc(NC(=O)CNC(=O)NCc2ccccc2)c1. The van der Waals surface area contributed by atoms with Gasteiger partial charge in [0.05, 0.1) is 19.2 Å². The number of hydrogen-bond donors (Lipinski definition) is 3. The first-order chi connectivity index (χ1) is 12.1. The molecule has 2 aromatic carbocycles. The maximum Gasteiger partial charge on any atom is 0.337 e. The number of ether oxygens (including phenoxy) is 1. The number of carbonyl (C=O) groups excluding carboxylic acids is 3. The van der Waals surface area contributed by atoms with E-state index >= 15 is 0 Å². The van der Waals surface area contributed by atoms with E-state index in [9.17, 15) is 14.4 Å². The average Bonchev–Trinajstić information content (AvgIpc) is 2.65. The number of anilines is 1. The van der Waals surface area contributed by atoms with Crippen molar-refractivity contribution in [3.63, 3.8) is 0 Å². The van der Waals surface area contributed by atoms with Gasteiger partial charge in [-0.15, -0.1) is 0 Å². The Morgan fingerprint density at radius 1 is 0.960 bits per heavy atom. The third-order valence-electron chi connectivity index (χ3n) is 3.27. The molecule has 3 N–H and O–H groups in total. The summed E-state index contributed by atoms with van der Waals surface area (Å²) in [6.45, 7) is 0.179. The lowest BCUT2D eigenvalue weighted by Crippen LogP contribution is -2.39. The number of carbonyl (C=O) groups is 3. The summed E-state index contributed by atoms with van der Waals surface area (Å²) < 4.78 is 4.62. The maximum absolute atomic E-state index is 11.9. The van der Waals surface area contributed by atoms with Crippen LogP contribution in [0.25, 0.3) is 0 Å². The first-order valence-electron chi connectivity index (χ1n) is 7.62. The number of methoxy groups -OCH3 is 1. The lowest BCUT2D eigenvalue weighted by molar-refractivity contribution is -0.115. The van der Waals surface area contributed by atoms with E-state index in [-0.39, 0.29) is 6.54 Å². The van der Waals surface area contributed by atoms with Gasteiger partial charge in [-0.05, 0) is 23.8 Å². The van der Waals surface area contributed by atoms with Crippen LogP contribution in [-0.4, -0.2) is 31.6 Å². The number of benzene rings is 2. The highest BCUT2D eigenvalue weighted by molar-refractivity contribution is 5.96. The Hall–Kier alpha value is -3.35. The van der Waals surface area contributed by atoms with Crippen LogP contribution in [0.4, 0.5) is 10.5 Å². The Kier molecular flexibility index (Phi) is 6.53. The molecule has 0 unspecified atom stereocenters. The van der Waals surface area contributed by atoms with E-state index in [0.717, 1.165) is 5.56 Å². The van der Waals surface area contributed by atoms with Gasteiger partial charge in [-0.2, -0.15) is 0 Å². The fourth-order valence-electron chi connectivity index (χ4n) is 2.05. The first kappa shape index (κ1) is 18.0. The summed E-state index contributed by atoms with van der Waals surface area (Å²) in [6.07, 6.45) is 0. The molecule has 130 valence electrons. The van der Waals surface area contributed by atoms with Crippen LogP contribution < -0.4 is 16.0 Å². The molecule has 0 aliphatic carbocycles. The molecule has 0 aliphatic heterocycles. The van der Waals surface area contributed by atoms with Gasteiger partial charge in [0.25, 0.3) is 0 Å². The van der Waals surface area contributed by atoms with Crippen molar-refractivity contribution in [1.82, 2.24) is 10.6 Å². The molecule has 7 heteroatoms. The Morgan fingerprint density at radius 3 is 2.44 bits per heavy atom. The lowest BCUT2D eigenvalue weighted by atomic mass is 10.2. The van der Waals surface area contributed by atoms with Crippen LogP contribution in [0, 0.1) is 0 Å². The van der Waals surface area contributed by atoms with Crippen molar-refractivity contribution < 1.29 is 19.1 Å². The second-order valence-electron chi connectivity index (χ2n) is 5.14. The standard InChI is InChI=1S/C18H19N3O4/c1-25-17(23)14-8-5-9-15(10-14)21-16(22)12-20-18(24)19-11-13-6-3-2-4-7-13/h2-10H,11-12H2,1H3,(H,21,22)(H2,19,20,24). The fourth-order valence-corrected chi connectivity index (χ4v) is 2.05. The molecule has 3 amide bonds. The van der Waals surface area contributed by atoms with Crippen molar-refractivity contribution in [3.05, 3.63) is 65.7 Å². The van der Waals surface area contributed by atoms with Gasteiger partial charge >= 0.3 is 12.0 Å². The summed E-state index contributed by atoms with van der Waals surface area (Å²) in [7, 11) is 1.28. The van der Waals surface area contributed by atoms with Gasteiger partial charge in [0.2, 0.25) is 5.91 Å². The molecule has 25 heavy (non-hydrogen) atoms. The van der Waals surface area contributed by atoms with E-state index in [1.54, 1.807) is 18.2 Å². The summed E-state index contributed by atoms with van der Waals surface area (Å²) in [5.74, 6) is -0.897. The predicted molar refractivity (Wildman–Crippen MR) is 93.1 cm³/mol. The fraction of sp³-hybridized carbons (Fsp3) is 0.167. The molecule has 0 saturated carbocycles. The molecule has 0 fully saturated rings. The van der Waals surface area contributed by atoms with Gasteiger partial charge in [-0.25, -0.2) is 9.59 Å². The van der Waals surface area contributed by atoms with Gasteiger partial charge in [-0.3, -0.25) is 4.79 Å². The number of rotatable bonds is 6. The molecule has 2 aromatic rings. The molecule has 0 aliphatic rings. The number of nitrogens with one attached hydrogen (secondary N) is 3. The average molecular weight is 341 g/mol. The summed E-state index contributed by atoms with van der Waals surface area (Å²) >= 11 is 0. The van der Waals surface area contributed by atoms with Crippen LogP contribution in [0.15, 0.2) is 54.6 Å².